The van der Waals surface area contributed by atoms with Gasteiger partial charge in [0.1, 0.15) is 5.75 Å². The number of piperidine rings is 1. The van der Waals surface area contributed by atoms with Crippen molar-refractivity contribution in [2.75, 3.05) is 26.8 Å². The van der Waals surface area contributed by atoms with Crippen LogP contribution in [0, 0.1) is 11.8 Å². The van der Waals surface area contributed by atoms with Gasteiger partial charge in [0.15, 0.2) is 0 Å². The van der Waals surface area contributed by atoms with Gasteiger partial charge >= 0.3 is 5.97 Å². The van der Waals surface area contributed by atoms with Gasteiger partial charge < -0.3 is 14.5 Å². The Morgan fingerprint density at radius 2 is 2.30 bits per heavy atom. The second-order valence-electron chi connectivity index (χ2n) is 7.71. The maximum absolute atomic E-state index is 11.1. The third-order valence-electron chi connectivity index (χ3n) is 6.24. The number of fused-ring (bicyclic) bond motifs is 5. The van der Waals surface area contributed by atoms with Crippen LogP contribution in [0.4, 0.5) is 0 Å². The SMILES string of the molecule is C=CC1CN2CCc3c([nH]c4ccc(OC)cc34)C2CC1CCOC(C)=O. The zero-order valence-electron chi connectivity index (χ0n) is 16.2. The number of benzene rings is 1. The van der Waals surface area contributed by atoms with Crippen molar-refractivity contribution >= 4 is 16.9 Å². The number of carbonyl (C=O) groups is 1. The van der Waals surface area contributed by atoms with Crippen molar-refractivity contribution in [1.29, 1.82) is 0 Å². The molecule has 0 amide bonds. The molecular weight excluding hydrogens is 340 g/mol. The van der Waals surface area contributed by atoms with Crippen LogP contribution in [0.3, 0.4) is 0 Å². The lowest BCUT2D eigenvalue weighted by molar-refractivity contribution is -0.141. The van der Waals surface area contributed by atoms with Crippen LogP contribution in [0.2, 0.25) is 0 Å². The number of methoxy groups -OCH3 is 1. The van der Waals surface area contributed by atoms with Crippen molar-refractivity contribution in [2.45, 2.75) is 32.2 Å². The standard InChI is InChI=1S/C22H28N2O3/c1-4-15-13-24-9-7-18-19-12-17(26-3)5-6-20(19)23-22(18)21(24)11-16(15)8-10-27-14(2)25/h4-6,12,15-16,21,23H,1,7-11,13H2,2-3H3. The summed E-state index contributed by atoms with van der Waals surface area (Å²) < 4.78 is 10.6. The van der Waals surface area contributed by atoms with Gasteiger partial charge in [0.25, 0.3) is 0 Å². The summed E-state index contributed by atoms with van der Waals surface area (Å²) in [5, 5.41) is 1.28. The molecule has 3 unspecified atom stereocenters. The van der Waals surface area contributed by atoms with Crippen LogP contribution in [-0.2, 0) is 16.0 Å². The van der Waals surface area contributed by atoms with E-state index in [1.54, 1.807) is 7.11 Å². The molecule has 1 saturated heterocycles. The molecule has 3 atom stereocenters. The first-order valence-electron chi connectivity index (χ1n) is 9.79. The number of ether oxygens (including phenoxy) is 2. The fourth-order valence-electron chi connectivity index (χ4n) is 4.84. The molecule has 144 valence electrons. The van der Waals surface area contributed by atoms with Crippen LogP contribution in [0.5, 0.6) is 5.75 Å². The number of aromatic nitrogens is 1. The zero-order valence-corrected chi connectivity index (χ0v) is 16.2. The zero-order chi connectivity index (χ0) is 19.0. The molecule has 0 spiro atoms. The fourth-order valence-corrected chi connectivity index (χ4v) is 4.84. The molecule has 1 fully saturated rings. The van der Waals surface area contributed by atoms with Gasteiger partial charge in [-0.3, -0.25) is 9.69 Å². The molecule has 1 aromatic carbocycles. The quantitative estimate of drug-likeness (QED) is 0.643. The average molecular weight is 368 g/mol. The van der Waals surface area contributed by atoms with Crippen molar-refractivity contribution in [3.63, 3.8) is 0 Å². The molecule has 5 nitrogen and oxygen atoms in total. The number of H-pyrrole nitrogens is 1. The van der Waals surface area contributed by atoms with E-state index in [4.69, 9.17) is 9.47 Å². The molecule has 2 aliphatic rings. The molecule has 3 heterocycles. The highest BCUT2D eigenvalue weighted by Crippen LogP contribution is 2.44. The molecule has 1 aromatic heterocycles. The van der Waals surface area contributed by atoms with Crippen LogP contribution in [0.1, 0.15) is 37.1 Å². The normalized spacial score (nSPS) is 24.9. The van der Waals surface area contributed by atoms with Crippen LogP contribution in [-0.4, -0.2) is 42.7 Å². The van der Waals surface area contributed by atoms with Crippen molar-refractivity contribution in [2.24, 2.45) is 11.8 Å². The maximum Gasteiger partial charge on any atom is 0.302 e. The Balaban J connectivity index is 1.61. The molecule has 27 heavy (non-hydrogen) atoms. The van der Waals surface area contributed by atoms with Gasteiger partial charge in [0, 0.05) is 36.6 Å². The number of nitrogens with one attached hydrogen (secondary N) is 1. The van der Waals surface area contributed by atoms with Gasteiger partial charge in [-0.15, -0.1) is 6.58 Å². The first-order chi connectivity index (χ1) is 13.1. The van der Waals surface area contributed by atoms with Gasteiger partial charge in [-0.1, -0.05) is 6.08 Å². The minimum atomic E-state index is -0.202. The molecular formula is C22H28N2O3. The van der Waals surface area contributed by atoms with Gasteiger partial charge in [-0.2, -0.15) is 0 Å². The van der Waals surface area contributed by atoms with Gasteiger partial charge in [0.05, 0.1) is 19.8 Å². The Labute approximate surface area is 160 Å². The number of hydrogen-bond donors (Lipinski definition) is 1. The third kappa shape index (κ3) is 3.36. The van der Waals surface area contributed by atoms with Crippen molar-refractivity contribution in [3.8, 4) is 5.75 Å². The lowest BCUT2D eigenvalue weighted by Crippen LogP contribution is -2.45. The van der Waals surface area contributed by atoms with E-state index in [1.165, 1.54) is 29.1 Å². The Morgan fingerprint density at radius 3 is 3.04 bits per heavy atom. The topological polar surface area (TPSA) is 54.6 Å². The fraction of sp³-hybridized carbons (Fsp3) is 0.500. The van der Waals surface area contributed by atoms with Crippen LogP contribution >= 0.6 is 0 Å². The summed E-state index contributed by atoms with van der Waals surface area (Å²) >= 11 is 0. The van der Waals surface area contributed by atoms with Crippen LogP contribution in [0.25, 0.3) is 10.9 Å². The van der Waals surface area contributed by atoms with E-state index in [2.05, 4.69) is 34.7 Å². The predicted molar refractivity (Wildman–Crippen MR) is 106 cm³/mol. The first kappa shape index (κ1) is 18.1. The minimum Gasteiger partial charge on any atom is -0.497 e. The summed E-state index contributed by atoms with van der Waals surface area (Å²) in [5.41, 5.74) is 3.97. The number of rotatable bonds is 5. The summed E-state index contributed by atoms with van der Waals surface area (Å²) in [5.74, 6) is 1.63. The molecule has 0 saturated carbocycles. The average Bonchev–Trinajstić information content (AvgIpc) is 3.05. The highest BCUT2D eigenvalue weighted by Gasteiger charge is 2.39. The largest absolute Gasteiger partial charge is 0.497 e. The highest BCUT2D eigenvalue weighted by atomic mass is 16.5. The van der Waals surface area contributed by atoms with Gasteiger partial charge in [-0.25, -0.2) is 0 Å². The molecule has 1 N–H and O–H groups in total. The third-order valence-corrected chi connectivity index (χ3v) is 6.24. The molecule has 0 bridgehead atoms. The first-order valence-corrected chi connectivity index (χ1v) is 9.79. The van der Waals surface area contributed by atoms with Crippen molar-refractivity contribution in [1.82, 2.24) is 9.88 Å². The lowest BCUT2D eigenvalue weighted by atomic mass is 9.77. The van der Waals surface area contributed by atoms with Gasteiger partial charge in [0.2, 0.25) is 0 Å². The van der Waals surface area contributed by atoms with Gasteiger partial charge in [-0.05, 0) is 54.9 Å². The minimum absolute atomic E-state index is 0.202. The Morgan fingerprint density at radius 1 is 1.44 bits per heavy atom. The van der Waals surface area contributed by atoms with E-state index >= 15 is 0 Å². The smallest absolute Gasteiger partial charge is 0.302 e. The van der Waals surface area contributed by atoms with Crippen LogP contribution < -0.4 is 4.74 Å². The molecule has 4 rings (SSSR count). The summed E-state index contributed by atoms with van der Waals surface area (Å²) in [6.45, 7) is 8.12. The molecule has 0 aliphatic carbocycles. The summed E-state index contributed by atoms with van der Waals surface area (Å²) in [4.78, 5) is 17.4. The number of hydrogen-bond acceptors (Lipinski definition) is 4. The monoisotopic (exact) mass is 368 g/mol. The van der Waals surface area contributed by atoms with E-state index in [0.717, 1.165) is 38.1 Å². The molecule has 0 radical (unpaired) electrons. The molecule has 5 heteroatoms. The van der Waals surface area contributed by atoms with E-state index in [0.29, 0.717) is 24.5 Å². The molecule has 2 aromatic rings. The van der Waals surface area contributed by atoms with Crippen molar-refractivity contribution in [3.05, 3.63) is 42.1 Å². The van der Waals surface area contributed by atoms with Crippen LogP contribution in [0.15, 0.2) is 30.9 Å². The Hall–Kier alpha value is -2.27. The maximum atomic E-state index is 11.1. The van der Waals surface area contributed by atoms with E-state index < -0.39 is 0 Å². The van der Waals surface area contributed by atoms with Crippen molar-refractivity contribution < 1.29 is 14.3 Å². The number of aromatic amines is 1. The summed E-state index contributed by atoms with van der Waals surface area (Å²) in [6, 6.07) is 6.67. The number of nitrogens with zero attached hydrogens (tertiary/aromatic N) is 1. The highest BCUT2D eigenvalue weighted by molar-refractivity contribution is 5.86. The Bertz CT molecular complexity index is 857. The van der Waals surface area contributed by atoms with E-state index in [1.807, 2.05) is 6.07 Å². The predicted octanol–water partition coefficient (Wildman–Crippen LogP) is 3.85. The summed E-state index contributed by atoms with van der Waals surface area (Å²) in [6.07, 6.45) is 5.10. The van der Waals surface area contributed by atoms with E-state index in [-0.39, 0.29) is 5.97 Å². The Kier molecular flexibility index (Phi) is 4.96. The molecule has 2 aliphatic heterocycles. The number of carbonyl (C=O) groups excluding carboxylic acids is 1. The lowest BCUT2D eigenvalue weighted by Gasteiger charge is -2.45. The van der Waals surface area contributed by atoms with E-state index in [9.17, 15) is 4.79 Å². The summed E-state index contributed by atoms with van der Waals surface area (Å²) in [7, 11) is 1.71. The number of esters is 1. The second-order valence-corrected chi connectivity index (χ2v) is 7.71. The second kappa shape index (κ2) is 7.39.